The molecule has 1 heterocycles. The summed E-state index contributed by atoms with van der Waals surface area (Å²) in [7, 11) is 0. The van der Waals surface area contributed by atoms with Crippen LogP contribution in [0, 0.1) is 0 Å². The summed E-state index contributed by atoms with van der Waals surface area (Å²) < 4.78 is 10.9. The molecular weight excluding hydrogens is 220 g/mol. The van der Waals surface area contributed by atoms with Crippen LogP contribution in [0.5, 0.6) is 0 Å². The van der Waals surface area contributed by atoms with Crippen molar-refractivity contribution in [2.24, 2.45) is 5.73 Å². The van der Waals surface area contributed by atoms with Gasteiger partial charge in [-0.25, -0.2) is 4.79 Å². The number of carbonyl (C=O) groups is 1. The molecule has 0 aromatic carbocycles. The number of carbonyl (C=O) groups excluding carboxylic acids is 1. The highest BCUT2D eigenvalue weighted by atomic mass is 16.6. The van der Waals surface area contributed by atoms with E-state index in [0.717, 1.165) is 12.8 Å². The predicted octanol–water partition coefficient (Wildman–Crippen LogP) is 1.11. The van der Waals surface area contributed by atoms with Crippen LogP contribution in [0.3, 0.4) is 0 Å². The standard InChI is InChI=1S/C12H22N2O3/c1-11(2,3)17-10(15)14-4-5-16-8-12(14)6-9(13)7-12/h9H,4-8,13H2,1-3H3. The second-order valence-electron chi connectivity index (χ2n) is 6.08. The van der Waals surface area contributed by atoms with E-state index in [9.17, 15) is 4.79 Å². The Labute approximate surface area is 102 Å². The summed E-state index contributed by atoms with van der Waals surface area (Å²) in [5, 5.41) is 0. The van der Waals surface area contributed by atoms with Crippen molar-refractivity contribution >= 4 is 6.09 Å². The average Bonchev–Trinajstić information content (AvgIpc) is 2.13. The first-order valence-electron chi connectivity index (χ1n) is 6.16. The molecule has 0 atom stereocenters. The van der Waals surface area contributed by atoms with Gasteiger partial charge in [0.15, 0.2) is 0 Å². The van der Waals surface area contributed by atoms with E-state index >= 15 is 0 Å². The van der Waals surface area contributed by atoms with Gasteiger partial charge in [-0.15, -0.1) is 0 Å². The number of nitrogens with zero attached hydrogens (tertiary/aromatic N) is 1. The number of rotatable bonds is 0. The minimum absolute atomic E-state index is 0.182. The number of nitrogens with two attached hydrogens (primary N) is 1. The number of hydrogen-bond acceptors (Lipinski definition) is 4. The Bertz CT molecular complexity index is 300. The summed E-state index contributed by atoms with van der Waals surface area (Å²) in [6.45, 7) is 7.40. The van der Waals surface area contributed by atoms with Gasteiger partial charge in [-0.05, 0) is 33.6 Å². The number of ether oxygens (including phenoxy) is 2. The highest BCUT2D eigenvalue weighted by molar-refractivity contribution is 5.69. The molecule has 0 radical (unpaired) electrons. The molecule has 5 nitrogen and oxygen atoms in total. The molecule has 1 saturated heterocycles. The Morgan fingerprint density at radius 2 is 2.12 bits per heavy atom. The van der Waals surface area contributed by atoms with Crippen LogP contribution < -0.4 is 5.73 Å². The van der Waals surface area contributed by atoms with Gasteiger partial charge >= 0.3 is 6.09 Å². The molecule has 1 saturated carbocycles. The minimum Gasteiger partial charge on any atom is -0.444 e. The van der Waals surface area contributed by atoms with Gasteiger partial charge in [0, 0.05) is 12.6 Å². The van der Waals surface area contributed by atoms with Gasteiger partial charge < -0.3 is 15.2 Å². The summed E-state index contributed by atoms with van der Waals surface area (Å²) in [6.07, 6.45) is 1.38. The third-order valence-corrected chi connectivity index (χ3v) is 3.30. The third kappa shape index (κ3) is 2.55. The van der Waals surface area contributed by atoms with Gasteiger partial charge in [0.05, 0.1) is 18.8 Å². The quantitative estimate of drug-likeness (QED) is 0.691. The summed E-state index contributed by atoms with van der Waals surface area (Å²) >= 11 is 0. The zero-order valence-corrected chi connectivity index (χ0v) is 10.9. The summed E-state index contributed by atoms with van der Waals surface area (Å²) in [5.41, 5.74) is 5.18. The molecular formula is C12H22N2O3. The highest BCUT2D eigenvalue weighted by Crippen LogP contribution is 2.39. The van der Waals surface area contributed by atoms with Gasteiger partial charge in [-0.2, -0.15) is 0 Å². The Hall–Kier alpha value is -0.810. The SMILES string of the molecule is CC(C)(C)OC(=O)N1CCOCC12CC(N)C2. The lowest BCUT2D eigenvalue weighted by Crippen LogP contribution is -2.68. The molecule has 1 aliphatic carbocycles. The van der Waals surface area contributed by atoms with Crippen molar-refractivity contribution < 1.29 is 14.3 Å². The van der Waals surface area contributed by atoms with Crippen LogP contribution in [-0.4, -0.2) is 47.9 Å². The molecule has 98 valence electrons. The zero-order chi connectivity index (χ0) is 12.7. The van der Waals surface area contributed by atoms with Gasteiger partial charge in [0.1, 0.15) is 5.60 Å². The van der Waals surface area contributed by atoms with Crippen LogP contribution in [0.1, 0.15) is 33.6 Å². The average molecular weight is 242 g/mol. The molecule has 2 aliphatic rings. The summed E-state index contributed by atoms with van der Waals surface area (Å²) in [5.74, 6) is 0. The fraction of sp³-hybridized carbons (Fsp3) is 0.917. The second-order valence-corrected chi connectivity index (χ2v) is 6.08. The normalized spacial score (nSPS) is 33.4. The molecule has 0 aromatic rings. The second kappa shape index (κ2) is 4.14. The van der Waals surface area contributed by atoms with E-state index in [1.54, 1.807) is 0 Å². The number of amides is 1. The maximum absolute atomic E-state index is 12.1. The van der Waals surface area contributed by atoms with E-state index in [1.807, 2.05) is 25.7 Å². The molecule has 0 bridgehead atoms. The molecule has 0 unspecified atom stereocenters. The van der Waals surface area contributed by atoms with E-state index < -0.39 is 5.60 Å². The number of morpholine rings is 1. The molecule has 17 heavy (non-hydrogen) atoms. The van der Waals surface area contributed by atoms with Crippen LogP contribution in [-0.2, 0) is 9.47 Å². The molecule has 1 aliphatic heterocycles. The lowest BCUT2D eigenvalue weighted by Gasteiger charge is -2.54. The van der Waals surface area contributed by atoms with E-state index in [0.29, 0.717) is 19.8 Å². The maximum Gasteiger partial charge on any atom is 0.410 e. The molecule has 1 amide bonds. The van der Waals surface area contributed by atoms with Crippen LogP contribution in [0.2, 0.25) is 0 Å². The van der Waals surface area contributed by atoms with Crippen molar-refractivity contribution in [3.8, 4) is 0 Å². The molecule has 0 aromatic heterocycles. The van der Waals surface area contributed by atoms with Crippen molar-refractivity contribution in [3.05, 3.63) is 0 Å². The van der Waals surface area contributed by atoms with Crippen molar-refractivity contribution in [2.45, 2.75) is 50.8 Å². The van der Waals surface area contributed by atoms with Crippen LogP contribution in [0.4, 0.5) is 4.79 Å². The van der Waals surface area contributed by atoms with Crippen molar-refractivity contribution in [2.75, 3.05) is 19.8 Å². The fourth-order valence-electron chi connectivity index (χ4n) is 2.59. The molecule has 5 heteroatoms. The van der Waals surface area contributed by atoms with E-state index in [4.69, 9.17) is 15.2 Å². The van der Waals surface area contributed by atoms with Gasteiger partial charge in [0.2, 0.25) is 0 Å². The smallest absolute Gasteiger partial charge is 0.410 e. The monoisotopic (exact) mass is 242 g/mol. The molecule has 1 spiro atoms. The van der Waals surface area contributed by atoms with E-state index in [2.05, 4.69) is 0 Å². The first kappa shape index (κ1) is 12.6. The largest absolute Gasteiger partial charge is 0.444 e. The van der Waals surface area contributed by atoms with Crippen LogP contribution >= 0.6 is 0 Å². The van der Waals surface area contributed by atoms with Crippen LogP contribution in [0.15, 0.2) is 0 Å². The zero-order valence-electron chi connectivity index (χ0n) is 10.9. The van der Waals surface area contributed by atoms with Crippen molar-refractivity contribution in [1.29, 1.82) is 0 Å². The van der Waals surface area contributed by atoms with Gasteiger partial charge in [0.25, 0.3) is 0 Å². The number of hydrogen-bond donors (Lipinski definition) is 1. The van der Waals surface area contributed by atoms with Crippen LogP contribution in [0.25, 0.3) is 0 Å². The Kier molecular flexibility index (Phi) is 3.08. The first-order valence-corrected chi connectivity index (χ1v) is 6.16. The topological polar surface area (TPSA) is 64.8 Å². The van der Waals surface area contributed by atoms with Crippen molar-refractivity contribution in [1.82, 2.24) is 4.90 Å². The summed E-state index contributed by atoms with van der Waals surface area (Å²) in [4.78, 5) is 13.9. The highest BCUT2D eigenvalue weighted by Gasteiger charge is 2.51. The maximum atomic E-state index is 12.1. The lowest BCUT2D eigenvalue weighted by atomic mass is 9.72. The predicted molar refractivity (Wildman–Crippen MR) is 63.7 cm³/mol. The van der Waals surface area contributed by atoms with Gasteiger partial charge in [-0.1, -0.05) is 0 Å². The molecule has 2 fully saturated rings. The first-order chi connectivity index (χ1) is 7.82. The third-order valence-electron chi connectivity index (χ3n) is 3.30. The minimum atomic E-state index is -0.456. The van der Waals surface area contributed by atoms with Crippen molar-refractivity contribution in [3.63, 3.8) is 0 Å². The van der Waals surface area contributed by atoms with E-state index in [-0.39, 0.29) is 17.7 Å². The Morgan fingerprint density at radius 3 is 2.65 bits per heavy atom. The Morgan fingerprint density at radius 1 is 1.47 bits per heavy atom. The molecule has 2 N–H and O–H groups in total. The summed E-state index contributed by atoms with van der Waals surface area (Å²) in [6, 6.07) is 0.182. The lowest BCUT2D eigenvalue weighted by molar-refractivity contribution is -0.111. The molecule has 2 rings (SSSR count). The van der Waals surface area contributed by atoms with E-state index in [1.165, 1.54) is 0 Å². The fourth-order valence-corrected chi connectivity index (χ4v) is 2.59. The van der Waals surface area contributed by atoms with Gasteiger partial charge in [-0.3, -0.25) is 4.90 Å². The Balaban J connectivity index is 2.04.